The fraction of sp³-hybridized carbons (Fsp3) is 0.520. The molecule has 188 valence electrons. The number of amides is 2. The molecule has 1 unspecified atom stereocenters. The lowest BCUT2D eigenvalue weighted by molar-refractivity contribution is -0.117. The van der Waals surface area contributed by atoms with Crippen molar-refractivity contribution < 1.29 is 19.4 Å². The first-order chi connectivity index (χ1) is 16.6. The van der Waals surface area contributed by atoms with E-state index in [4.69, 9.17) is 20.4 Å². The number of piperidine rings is 1. The molecule has 2 amide bonds. The van der Waals surface area contributed by atoms with E-state index in [1.54, 1.807) is 4.90 Å². The topological polar surface area (TPSA) is 122 Å². The molecule has 0 radical (unpaired) electrons. The molecule has 1 fully saturated rings. The first-order valence-electron chi connectivity index (χ1n) is 11.9. The van der Waals surface area contributed by atoms with Gasteiger partial charge < -0.3 is 25.4 Å². The van der Waals surface area contributed by atoms with E-state index in [9.17, 15) is 14.7 Å². The number of primary amides is 1. The first-order valence-corrected chi connectivity index (χ1v) is 12.8. The molecule has 3 heterocycles. The number of hydrogen-bond donors (Lipinski definition) is 2. The average molecular weight is 500 g/mol. The zero-order valence-electron chi connectivity index (χ0n) is 20.4. The van der Waals surface area contributed by atoms with E-state index in [1.165, 1.54) is 11.8 Å². The third kappa shape index (κ3) is 6.24. The van der Waals surface area contributed by atoms with Crippen molar-refractivity contribution in [2.24, 2.45) is 5.73 Å². The SMILES string of the molecule is CC(C)(C)OC(=O)N1CCc2c(nc(N3CCC(O)CC3)nc2SC(C(N)=O)c2ccccc2)C1. The third-order valence-corrected chi connectivity index (χ3v) is 7.31. The summed E-state index contributed by atoms with van der Waals surface area (Å²) in [5.41, 5.74) is 7.70. The Kier molecular flexibility index (Phi) is 7.51. The van der Waals surface area contributed by atoms with Crippen LogP contribution in [0.25, 0.3) is 0 Å². The van der Waals surface area contributed by atoms with Crippen LogP contribution in [0.2, 0.25) is 0 Å². The number of hydrogen-bond acceptors (Lipinski definition) is 8. The van der Waals surface area contributed by atoms with Crippen LogP contribution in [-0.2, 0) is 22.5 Å². The van der Waals surface area contributed by atoms with E-state index in [2.05, 4.69) is 0 Å². The summed E-state index contributed by atoms with van der Waals surface area (Å²) < 4.78 is 5.57. The van der Waals surface area contributed by atoms with Gasteiger partial charge in [-0.15, -0.1) is 0 Å². The number of anilines is 1. The second-order valence-electron chi connectivity index (χ2n) is 9.94. The Labute approximate surface area is 210 Å². The monoisotopic (exact) mass is 499 g/mol. The molecule has 10 heteroatoms. The van der Waals surface area contributed by atoms with Gasteiger partial charge in [0.05, 0.1) is 18.3 Å². The summed E-state index contributed by atoms with van der Waals surface area (Å²) in [6.45, 7) is 7.58. The number of nitrogens with zero attached hydrogens (tertiary/aromatic N) is 4. The summed E-state index contributed by atoms with van der Waals surface area (Å²) in [6, 6.07) is 9.42. The van der Waals surface area contributed by atoms with Crippen LogP contribution in [0.15, 0.2) is 35.4 Å². The van der Waals surface area contributed by atoms with Gasteiger partial charge in [0.15, 0.2) is 0 Å². The number of aliphatic hydroxyl groups is 1. The smallest absolute Gasteiger partial charge is 0.410 e. The minimum atomic E-state index is -0.602. The standard InChI is InChI=1S/C25H33N5O4S/c1-25(2,3)34-24(33)30-14-11-18-19(15-30)27-23(29-12-9-17(31)10-13-29)28-22(18)35-20(21(26)32)16-7-5-4-6-8-16/h4-8,17,20,31H,9-15H2,1-3H3,(H2,26,32). The Morgan fingerprint density at radius 1 is 1.14 bits per heavy atom. The van der Waals surface area contributed by atoms with Crippen molar-refractivity contribution in [3.63, 3.8) is 0 Å². The maximum absolute atomic E-state index is 12.7. The first kappa shape index (κ1) is 25.2. The molecule has 0 bridgehead atoms. The molecule has 1 aromatic heterocycles. The summed E-state index contributed by atoms with van der Waals surface area (Å²) in [4.78, 5) is 38.6. The molecule has 35 heavy (non-hydrogen) atoms. The van der Waals surface area contributed by atoms with Gasteiger partial charge in [0.1, 0.15) is 15.9 Å². The van der Waals surface area contributed by atoms with Crippen LogP contribution >= 0.6 is 11.8 Å². The lowest BCUT2D eigenvalue weighted by atomic mass is 10.1. The van der Waals surface area contributed by atoms with Crippen molar-refractivity contribution in [3.05, 3.63) is 47.2 Å². The van der Waals surface area contributed by atoms with Crippen molar-refractivity contribution in [1.29, 1.82) is 0 Å². The lowest BCUT2D eigenvalue weighted by Gasteiger charge is -2.34. The van der Waals surface area contributed by atoms with Crippen LogP contribution in [0.1, 0.15) is 55.7 Å². The minimum absolute atomic E-state index is 0.302. The fourth-order valence-corrected chi connectivity index (χ4v) is 5.33. The van der Waals surface area contributed by atoms with Gasteiger partial charge >= 0.3 is 6.09 Å². The molecule has 1 aromatic carbocycles. The van der Waals surface area contributed by atoms with E-state index >= 15 is 0 Å². The predicted octanol–water partition coefficient (Wildman–Crippen LogP) is 3.05. The number of benzene rings is 1. The number of fused-ring (bicyclic) bond motifs is 1. The van der Waals surface area contributed by atoms with E-state index in [1.807, 2.05) is 56.0 Å². The highest BCUT2D eigenvalue weighted by Crippen LogP contribution is 2.39. The lowest BCUT2D eigenvalue weighted by Crippen LogP contribution is -2.41. The number of carbonyl (C=O) groups excluding carboxylic acids is 2. The van der Waals surface area contributed by atoms with Crippen molar-refractivity contribution in [2.45, 2.75) is 68.6 Å². The van der Waals surface area contributed by atoms with Crippen molar-refractivity contribution in [1.82, 2.24) is 14.9 Å². The summed E-state index contributed by atoms with van der Waals surface area (Å²) in [6.07, 6.45) is 1.13. The summed E-state index contributed by atoms with van der Waals surface area (Å²) in [5, 5.41) is 10.0. The van der Waals surface area contributed by atoms with Gasteiger partial charge in [0.25, 0.3) is 0 Å². The predicted molar refractivity (Wildman–Crippen MR) is 134 cm³/mol. The molecule has 3 N–H and O–H groups in total. The number of rotatable bonds is 5. The molecule has 0 spiro atoms. The number of nitrogens with two attached hydrogens (primary N) is 1. The molecule has 4 rings (SSSR count). The largest absolute Gasteiger partial charge is 0.444 e. The fourth-order valence-electron chi connectivity index (χ4n) is 4.20. The summed E-state index contributed by atoms with van der Waals surface area (Å²) in [7, 11) is 0. The highest BCUT2D eigenvalue weighted by molar-refractivity contribution is 8.00. The van der Waals surface area contributed by atoms with Crippen molar-refractivity contribution in [3.8, 4) is 0 Å². The Bertz CT molecular complexity index is 1070. The number of aromatic nitrogens is 2. The zero-order chi connectivity index (χ0) is 25.2. The van der Waals surface area contributed by atoms with Crippen LogP contribution < -0.4 is 10.6 Å². The molecule has 9 nitrogen and oxygen atoms in total. The molecule has 0 saturated carbocycles. The van der Waals surface area contributed by atoms with Crippen LogP contribution in [-0.4, -0.2) is 63.3 Å². The van der Waals surface area contributed by atoms with Crippen molar-refractivity contribution in [2.75, 3.05) is 24.5 Å². The van der Waals surface area contributed by atoms with Gasteiger partial charge in [-0.05, 0) is 45.6 Å². The van der Waals surface area contributed by atoms with Gasteiger partial charge in [0, 0.05) is 25.2 Å². The third-order valence-electron chi connectivity index (χ3n) is 6.00. The zero-order valence-corrected chi connectivity index (χ0v) is 21.3. The highest BCUT2D eigenvalue weighted by Gasteiger charge is 2.32. The molecular weight excluding hydrogens is 466 g/mol. The number of ether oxygens (including phenoxy) is 1. The quantitative estimate of drug-likeness (QED) is 0.476. The maximum Gasteiger partial charge on any atom is 0.410 e. The molecule has 2 aromatic rings. The second-order valence-corrected chi connectivity index (χ2v) is 11.0. The van der Waals surface area contributed by atoms with Gasteiger partial charge in [0.2, 0.25) is 11.9 Å². The van der Waals surface area contributed by atoms with Crippen LogP contribution in [0, 0.1) is 0 Å². The normalized spacial score (nSPS) is 17.6. The van der Waals surface area contributed by atoms with E-state index in [0.29, 0.717) is 56.4 Å². The Balaban J connectivity index is 1.68. The van der Waals surface area contributed by atoms with Gasteiger partial charge in [-0.3, -0.25) is 4.79 Å². The Morgan fingerprint density at radius 3 is 2.46 bits per heavy atom. The summed E-state index contributed by atoms with van der Waals surface area (Å²) >= 11 is 1.33. The van der Waals surface area contributed by atoms with Gasteiger partial charge in [-0.25, -0.2) is 14.8 Å². The van der Waals surface area contributed by atoms with Crippen LogP contribution in [0.5, 0.6) is 0 Å². The second kappa shape index (κ2) is 10.4. The van der Waals surface area contributed by atoms with Crippen LogP contribution in [0.3, 0.4) is 0 Å². The summed E-state index contributed by atoms with van der Waals surface area (Å²) in [5.74, 6) is 0.0999. The van der Waals surface area contributed by atoms with Crippen molar-refractivity contribution >= 4 is 29.7 Å². The molecule has 0 aliphatic carbocycles. The number of aliphatic hydroxyl groups excluding tert-OH is 1. The van der Waals surface area contributed by atoms with E-state index in [0.717, 1.165) is 16.8 Å². The van der Waals surface area contributed by atoms with Crippen LogP contribution in [0.4, 0.5) is 10.7 Å². The van der Waals surface area contributed by atoms with E-state index < -0.39 is 16.8 Å². The van der Waals surface area contributed by atoms with Gasteiger partial charge in [-0.1, -0.05) is 42.1 Å². The van der Waals surface area contributed by atoms with E-state index in [-0.39, 0.29) is 12.2 Å². The number of thioether (sulfide) groups is 1. The molecule has 2 aliphatic rings. The number of carbonyl (C=O) groups is 2. The Morgan fingerprint density at radius 2 is 1.83 bits per heavy atom. The molecular formula is C25H33N5O4S. The highest BCUT2D eigenvalue weighted by atomic mass is 32.2. The molecule has 1 saturated heterocycles. The average Bonchev–Trinajstić information content (AvgIpc) is 2.81. The molecule has 2 aliphatic heterocycles. The van der Waals surface area contributed by atoms with Gasteiger partial charge in [-0.2, -0.15) is 0 Å². The minimum Gasteiger partial charge on any atom is -0.444 e. The maximum atomic E-state index is 12.7. The molecule has 1 atom stereocenters. The Hall–Kier alpha value is -2.85.